The number of likely N-dealkylation sites (tertiary alicyclic amines) is 1. The van der Waals surface area contributed by atoms with E-state index in [9.17, 15) is 4.79 Å². The minimum Gasteiger partial charge on any atom is -0.449 e. The zero-order chi connectivity index (χ0) is 14.6. The molecule has 1 aromatic heterocycles. The Balaban J connectivity index is 1.69. The lowest BCUT2D eigenvalue weighted by Crippen LogP contribution is -2.31. The molecule has 0 spiro atoms. The van der Waals surface area contributed by atoms with Crippen LogP contribution < -0.4 is 5.32 Å². The van der Waals surface area contributed by atoms with Crippen molar-refractivity contribution in [2.24, 2.45) is 11.8 Å². The number of halogens is 1. The van der Waals surface area contributed by atoms with Gasteiger partial charge < -0.3 is 14.6 Å². The number of fused-ring (bicyclic) bond motifs is 2. The third-order valence-electron chi connectivity index (χ3n) is 4.79. The Labute approximate surface area is 128 Å². The Morgan fingerprint density at radius 1 is 1.33 bits per heavy atom. The number of hydrogen-bond acceptors (Lipinski definition) is 3. The molecule has 2 aromatic rings. The van der Waals surface area contributed by atoms with Gasteiger partial charge >= 0.3 is 0 Å². The second-order valence-corrected chi connectivity index (χ2v) is 6.47. The largest absolute Gasteiger partial charge is 0.449 e. The van der Waals surface area contributed by atoms with Crippen LogP contribution in [-0.2, 0) is 0 Å². The Bertz CT molecular complexity index is 712. The van der Waals surface area contributed by atoms with Gasteiger partial charge in [-0.05, 0) is 24.8 Å². The number of nitrogens with zero attached hydrogens (tertiary/aromatic N) is 1. The van der Waals surface area contributed by atoms with Crippen molar-refractivity contribution in [2.75, 3.05) is 26.2 Å². The maximum Gasteiger partial charge on any atom is 0.289 e. The minimum atomic E-state index is -0.00540. The van der Waals surface area contributed by atoms with Gasteiger partial charge in [-0.15, -0.1) is 0 Å². The summed E-state index contributed by atoms with van der Waals surface area (Å²) in [7, 11) is 0. The van der Waals surface area contributed by atoms with E-state index >= 15 is 0 Å². The third-order valence-corrected chi connectivity index (χ3v) is 5.08. The molecule has 3 heterocycles. The molecule has 1 amide bonds. The molecule has 4 nitrogen and oxygen atoms in total. The highest BCUT2D eigenvalue weighted by molar-refractivity contribution is 6.35. The molecule has 0 bridgehead atoms. The number of carbonyl (C=O) groups is 1. The summed E-state index contributed by atoms with van der Waals surface area (Å²) in [6.45, 7) is 5.59. The summed E-state index contributed by atoms with van der Waals surface area (Å²) in [5.41, 5.74) is 1.49. The van der Waals surface area contributed by atoms with E-state index in [2.05, 4.69) is 5.32 Å². The first-order valence-corrected chi connectivity index (χ1v) is 7.70. The van der Waals surface area contributed by atoms with E-state index in [0.29, 0.717) is 28.2 Å². The molecule has 0 unspecified atom stereocenters. The van der Waals surface area contributed by atoms with Gasteiger partial charge in [0.25, 0.3) is 5.91 Å². The van der Waals surface area contributed by atoms with Crippen LogP contribution in [0.5, 0.6) is 0 Å². The molecule has 1 N–H and O–H groups in total. The zero-order valence-electron chi connectivity index (χ0n) is 11.9. The highest BCUT2D eigenvalue weighted by Crippen LogP contribution is 2.33. The summed E-state index contributed by atoms with van der Waals surface area (Å²) in [4.78, 5) is 14.7. The number of furan rings is 1. The van der Waals surface area contributed by atoms with Crippen molar-refractivity contribution in [1.29, 1.82) is 0 Å². The Hall–Kier alpha value is -1.52. The SMILES string of the molecule is Cc1c(C(=O)N2C[C@H]3CNC[C@H]3C2)oc2c(Cl)cccc12. The summed E-state index contributed by atoms with van der Waals surface area (Å²) < 4.78 is 5.79. The van der Waals surface area contributed by atoms with Gasteiger partial charge in [0.1, 0.15) is 0 Å². The Morgan fingerprint density at radius 2 is 2.05 bits per heavy atom. The van der Waals surface area contributed by atoms with Crippen LogP contribution in [0.25, 0.3) is 11.0 Å². The van der Waals surface area contributed by atoms with Gasteiger partial charge in [0.2, 0.25) is 0 Å². The number of rotatable bonds is 1. The number of carbonyl (C=O) groups excluding carboxylic acids is 1. The molecule has 1 aromatic carbocycles. The highest BCUT2D eigenvalue weighted by Gasteiger charge is 2.39. The summed E-state index contributed by atoms with van der Waals surface area (Å²) in [6, 6.07) is 5.61. The van der Waals surface area contributed by atoms with E-state index in [4.69, 9.17) is 16.0 Å². The maximum absolute atomic E-state index is 12.7. The van der Waals surface area contributed by atoms with Crippen LogP contribution in [0.2, 0.25) is 5.02 Å². The molecule has 2 fully saturated rings. The molecule has 2 saturated heterocycles. The van der Waals surface area contributed by atoms with Crippen molar-refractivity contribution in [3.8, 4) is 0 Å². The van der Waals surface area contributed by atoms with Crippen molar-refractivity contribution >= 4 is 28.5 Å². The molecule has 0 saturated carbocycles. The van der Waals surface area contributed by atoms with Crippen molar-refractivity contribution < 1.29 is 9.21 Å². The van der Waals surface area contributed by atoms with Gasteiger partial charge in [-0.3, -0.25) is 4.79 Å². The Kier molecular flexibility index (Phi) is 2.98. The molecule has 5 heteroatoms. The number of hydrogen-bond donors (Lipinski definition) is 1. The molecule has 21 heavy (non-hydrogen) atoms. The van der Waals surface area contributed by atoms with Crippen LogP contribution in [0.3, 0.4) is 0 Å². The van der Waals surface area contributed by atoms with Crippen LogP contribution in [0, 0.1) is 18.8 Å². The quantitative estimate of drug-likeness (QED) is 0.881. The standard InChI is InChI=1S/C16H17ClN2O2/c1-9-12-3-2-4-13(17)15(12)21-14(9)16(20)19-7-10-5-18-6-11(10)8-19/h2-4,10-11,18H,5-8H2,1H3/t10-,11+. The fraction of sp³-hybridized carbons (Fsp3) is 0.438. The number of benzene rings is 1. The zero-order valence-corrected chi connectivity index (χ0v) is 12.6. The van der Waals surface area contributed by atoms with E-state index in [-0.39, 0.29) is 5.91 Å². The normalized spacial score (nSPS) is 24.8. The van der Waals surface area contributed by atoms with Gasteiger partial charge in [-0.1, -0.05) is 23.7 Å². The lowest BCUT2D eigenvalue weighted by Gasteiger charge is -2.16. The van der Waals surface area contributed by atoms with Crippen molar-refractivity contribution in [1.82, 2.24) is 10.2 Å². The van der Waals surface area contributed by atoms with Gasteiger partial charge in [-0.25, -0.2) is 0 Å². The first-order valence-electron chi connectivity index (χ1n) is 7.32. The molecule has 110 valence electrons. The van der Waals surface area contributed by atoms with E-state index in [0.717, 1.165) is 37.1 Å². The molecule has 2 aliphatic heterocycles. The lowest BCUT2D eigenvalue weighted by molar-refractivity contribution is 0.0751. The van der Waals surface area contributed by atoms with Crippen LogP contribution >= 0.6 is 11.6 Å². The van der Waals surface area contributed by atoms with Crippen molar-refractivity contribution in [3.05, 3.63) is 34.5 Å². The molecule has 0 aliphatic carbocycles. The summed E-state index contributed by atoms with van der Waals surface area (Å²) >= 11 is 6.16. The van der Waals surface area contributed by atoms with E-state index in [1.807, 2.05) is 24.0 Å². The Morgan fingerprint density at radius 3 is 2.71 bits per heavy atom. The van der Waals surface area contributed by atoms with E-state index in [1.54, 1.807) is 6.07 Å². The van der Waals surface area contributed by atoms with Gasteiger partial charge in [0.05, 0.1) is 5.02 Å². The number of para-hydroxylation sites is 1. The second-order valence-electron chi connectivity index (χ2n) is 6.06. The number of amides is 1. The predicted molar refractivity (Wildman–Crippen MR) is 81.7 cm³/mol. The van der Waals surface area contributed by atoms with Crippen LogP contribution in [0.4, 0.5) is 0 Å². The first kappa shape index (κ1) is 13.2. The molecule has 2 atom stereocenters. The average Bonchev–Trinajstić information content (AvgIpc) is 3.12. The first-order chi connectivity index (χ1) is 10.1. The number of nitrogens with one attached hydrogen (secondary N) is 1. The second kappa shape index (κ2) is 4.75. The molecular formula is C16H17ClN2O2. The highest BCUT2D eigenvalue weighted by atomic mass is 35.5. The summed E-state index contributed by atoms with van der Waals surface area (Å²) in [5.74, 6) is 1.60. The monoisotopic (exact) mass is 304 g/mol. The van der Waals surface area contributed by atoms with Crippen LogP contribution in [-0.4, -0.2) is 37.0 Å². The van der Waals surface area contributed by atoms with Gasteiger partial charge in [-0.2, -0.15) is 0 Å². The molecule has 2 aliphatic rings. The van der Waals surface area contributed by atoms with E-state index < -0.39 is 0 Å². The average molecular weight is 305 g/mol. The van der Waals surface area contributed by atoms with Crippen LogP contribution in [0.15, 0.2) is 22.6 Å². The van der Waals surface area contributed by atoms with Gasteiger partial charge in [0, 0.05) is 37.1 Å². The topological polar surface area (TPSA) is 45.5 Å². The fourth-order valence-electron chi connectivity index (χ4n) is 3.58. The third kappa shape index (κ3) is 1.97. The fourth-order valence-corrected chi connectivity index (χ4v) is 3.79. The van der Waals surface area contributed by atoms with E-state index in [1.165, 1.54) is 0 Å². The predicted octanol–water partition coefficient (Wildman–Crippen LogP) is 2.69. The van der Waals surface area contributed by atoms with Gasteiger partial charge in [0.15, 0.2) is 11.3 Å². The number of aryl methyl sites for hydroxylation is 1. The molecule has 4 rings (SSSR count). The maximum atomic E-state index is 12.7. The minimum absolute atomic E-state index is 0.00540. The van der Waals surface area contributed by atoms with Crippen LogP contribution in [0.1, 0.15) is 16.1 Å². The van der Waals surface area contributed by atoms with Crippen molar-refractivity contribution in [3.63, 3.8) is 0 Å². The summed E-state index contributed by atoms with van der Waals surface area (Å²) in [5, 5.41) is 4.86. The molecule has 0 radical (unpaired) electrons. The van der Waals surface area contributed by atoms with Crippen molar-refractivity contribution in [2.45, 2.75) is 6.92 Å². The molecular weight excluding hydrogens is 288 g/mol. The lowest BCUT2D eigenvalue weighted by atomic mass is 10.0. The summed E-state index contributed by atoms with van der Waals surface area (Å²) in [6.07, 6.45) is 0. The smallest absolute Gasteiger partial charge is 0.289 e.